The third-order valence-electron chi connectivity index (χ3n) is 5.66. The number of methoxy groups -OCH3 is 1. The molecule has 2 N–H and O–H groups in total. The highest BCUT2D eigenvalue weighted by Crippen LogP contribution is 2.43. The molecule has 0 aliphatic carbocycles. The number of hydrogen-bond acceptors (Lipinski definition) is 7. The Morgan fingerprint density at radius 2 is 2.06 bits per heavy atom. The van der Waals surface area contributed by atoms with E-state index in [-0.39, 0.29) is 17.6 Å². The predicted octanol–water partition coefficient (Wildman–Crippen LogP) is 1.30. The van der Waals surface area contributed by atoms with E-state index in [2.05, 4.69) is 11.6 Å². The molecular weight excluding hydrogens is 427 g/mol. The van der Waals surface area contributed by atoms with E-state index >= 15 is 0 Å². The second-order valence-electron chi connectivity index (χ2n) is 7.69. The third-order valence-corrected chi connectivity index (χ3v) is 7.19. The number of amides is 1. The van der Waals surface area contributed by atoms with Crippen LogP contribution in [0.1, 0.15) is 29.3 Å². The van der Waals surface area contributed by atoms with E-state index in [0.717, 1.165) is 0 Å². The lowest BCUT2D eigenvalue weighted by molar-refractivity contribution is -0.161. The van der Waals surface area contributed by atoms with Gasteiger partial charge < -0.3 is 19.8 Å². The Kier molecular flexibility index (Phi) is 6.21. The second-order valence-corrected chi connectivity index (χ2v) is 9.88. The van der Waals surface area contributed by atoms with Crippen molar-refractivity contribution in [1.82, 2.24) is 9.88 Å². The average molecular weight is 453 g/mol. The Hall–Kier alpha value is -2.40. The average Bonchev–Trinajstić information content (AvgIpc) is 3.01. The summed E-state index contributed by atoms with van der Waals surface area (Å²) in [5.74, 6) is -1.91. The first-order valence-corrected chi connectivity index (χ1v) is 11.4. The van der Waals surface area contributed by atoms with E-state index in [1.165, 1.54) is 24.1 Å². The van der Waals surface area contributed by atoms with Crippen molar-refractivity contribution in [3.8, 4) is 0 Å². The van der Waals surface area contributed by atoms with Crippen LogP contribution in [0, 0.1) is 12.7 Å². The number of aryl methyl sites for hydroxylation is 1. The lowest BCUT2D eigenvalue weighted by Crippen LogP contribution is -2.45. The molecule has 0 saturated heterocycles. The van der Waals surface area contributed by atoms with Gasteiger partial charge in [-0.25, -0.2) is 17.8 Å². The number of ether oxygens (including phenoxy) is 1. The minimum Gasteiger partial charge on any atom is -0.395 e. The number of benzene rings is 1. The van der Waals surface area contributed by atoms with Crippen molar-refractivity contribution in [1.29, 1.82) is 0 Å². The number of sulfone groups is 1. The van der Waals surface area contributed by atoms with Crippen LogP contribution in [-0.2, 0) is 37.4 Å². The maximum atomic E-state index is 14.3. The van der Waals surface area contributed by atoms with Gasteiger partial charge in [-0.2, -0.15) is 0 Å². The standard InChI is InChI=1S/C21H25FN2O6S/c1-12-7-14-16(11-31(28,29)6-5-25)15-9-24(20(27)13(2)10-26)21(3,30-4)19(15)23-18(14)8-17(12)22/h7-8,25-26H,2,5-6,9-11H2,1,3-4H3. The highest BCUT2D eigenvalue weighted by Gasteiger charge is 2.47. The Morgan fingerprint density at radius 1 is 1.39 bits per heavy atom. The number of aromatic nitrogens is 1. The number of nitrogens with zero attached hydrogens (tertiary/aromatic N) is 2. The molecule has 0 radical (unpaired) electrons. The van der Waals surface area contributed by atoms with Gasteiger partial charge in [0.25, 0.3) is 5.91 Å². The Labute approximate surface area is 179 Å². The van der Waals surface area contributed by atoms with E-state index < -0.39 is 52.0 Å². The fourth-order valence-corrected chi connectivity index (χ4v) is 5.01. The van der Waals surface area contributed by atoms with Crippen molar-refractivity contribution < 1.29 is 32.6 Å². The van der Waals surface area contributed by atoms with Gasteiger partial charge >= 0.3 is 0 Å². The molecular formula is C21H25FN2O6S. The predicted molar refractivity (Wildman–Crippen MR) is 112 cm³/mol. The summed E-state index contributed by atoms with van der Waals surface area (Å²) in [6.45, 7) is 5.62. The Morgan fingerprint density at radius 3 is 2.65 bits per heavy atom. The van der Waals surface area contributed by atoms with E-state index in [4.69, 9.17) is 9.84 Å². The highest BCUT2D eigenvalue weighted by atomic mass is 32.2. The number of fused-ring (bicyclic) bond motifs is 2. The molecule has 8 nitrogen and oxygen atoms in total. The van der Waals surface area contributed by atoms with Crippen molar-refractivity contribution in [2.45, 2.75) is 31.9 Å². The summed E-state index contributed by atoms with van der Waals surface area (Å²) in [6, 6.07) is 2.75. The van der Waals surface area contributed by atoms with Crippen LogP contribution in [0.5, 0.6) is 0 Å². The van der Waals surface area contributed by atoms with Gasteiger partial charge in [-0.1, -0.05) is 6.58 Å². The summed E-state index contributed by atoms with van der Waals surface area (Å²) in [5.41, 5.74) is 0.262. The molecule has 31 heavy (non-hydrogen) atoms. The topological polar surface area (TPSA) is 117 Å². The van der Waals surface area contributed by atoms with E-state index in [0.29, 0.717) is 27.8 Å². The molecule has 2 heterocycles. The van der Waals surface area contributed by atoms with Gasteiger partial charge in [0, 0.05) is 29.7 Å². The van der Waals surface area contributed by atoms with Crippen LogP contribution in [0.3, 0.4) is 0 Å². The highest BCUT2D eigenvalue weighted by molar-refractivity contribution is 7.90. The number of pyridine rings is 1. The third kappa shape index (κ3) is 3.96. The van der Waals surface area contributed by atoms with Crippen LogP contribution < -0.4 is 0 Å². The van der Waals surface area contributed by atoms with Crippen LogP contribution in [0.25, 0.3) is 10.9 Å². The second kappa shape index (κ2) is 8.27. The van der Waals surface area contributed by atoms with Crippen molar-refractivity contribution in [2.24, 2.45) is 0 Å². The molecule has 0 spiro atoms. The van der Waals surface area contributed by atoms with Crippen LogP contribution in [0.4, 0.5) is 4.39 Å². The van der Waals surface area contributed by atoms with Crippen LogP contribution in [-0.4, -0.2) is 60.5 Å². The minimum absolute atomic E-state index is 0.0269. The van der Waals surface area contributed by atoms with Gasteiger partial charge in [0.15, 0.2) is 15.6 Å². The Balaban J connectivity index is 2.32. The van der Waals surface area contributed by atoms with Gasteiger partial charge in [-0.05, 0) is 31.0 Å². The van der Waals surface area contributed by atoms with Crippen LogP contribution >= 0.6 is 0 Å². The molecule has 1 amide bonds. The number of aliphatic hydroxyl groups is 2. The van der Waals surface area contributed by atoms with E-state index in [1.54, 1.807) is 13.8 Å². The molecule has 1 aromatic carbocycles. The van der Waals surface area contributed by atoms with Crippen molar-refractivity contribution in [3.05, 3.63) is 52.5 Å². The molecule has 1 aliphatic rings. The molecule has 0 fully saturated rings. The summed E-state index contributed by atoms with van der Waals surface area (Å²) in [6.07, 6.45) is 0. The molecule has 1 aliphatic heterocycles. The first kappa shape index (κ1) is 23.3. The monoisotopic (exact) mass is 452 g/mol. The SMILES string of the molecule is C=C(CO)C(=O)N1Cc2c(nc3cc(F)c(C)cc3c2CS(=O)(=O)CCO)C1(C)OC. The fraction of sp³-hybridized carbons (Fsp3) is 0.429. The lowest BCUT2D eigenvalue weighted by atomic mass is 9.99. The van der Waals surface area contributed by atoms with Crippen molar-refractivity contribution in [3.63, 3.8) is 0 Å². The fourth-order valence-electron chi connectivity index (χ4n) is 3.82. The van der Waals surface area contributed by atoms with Gasteiger partial charge in [-0.15, -0.1) is 0 Å². The molecule has 2 aromatic rings. The van der Waals surface area contributed by atoms with Crippen LogP contribution in [0.2, 0.25) is 0 Å². The van der Waals surface area contributed by atoms with Crippen molar-refractivity contribution in [2.75, 3.05) is 26.1 Å². The summed E-state index contributed by atoms with van der Waals surface area (Å²) >= 11 is 0. The summed E-state index contributed by atoms with van der Waals surface area (Å²) in [4.78, 5) is 18.7. The Bertz CT molecular complexity index is 1180. The van der Waals surface area contributed by atoms with Crippen LogP contribution in [0.15, 0.2) is 24.3 Å². The molecule has 168 valence electrons. The molecule has 10 heteroatoms. The molecule has 1 aromatic heterocycles. The molecule has 0 bridgehead atoms. The number of hydrogen-bond donors (Lipinski definition) is 2. The summed E-state index contributed by atoms with van der Waals surface area (Å²) < 4.78 is 45.1. The number of carbonyl (C=O) groups excluding carboxylic acids is 1. The maximum Gasteiger partial charge on any atom is 0.254 e. The molecule has 3 rings (SSSR count). The van der Waals surface area contributed by atoms with Crippen molar-refractivity contribution >= 4 is 26.6 Å². The zero-order chi connectivity index (χ0) is 23.1. The molecule has 1 atom stereocenters. The molecule has 1 unspecified atom stereocenters. The van der Waals surface area contributed by atoms with Gasteiger partial charge in [0.2, 0.25) is 0 Å². The zero-order valence-electron chi connectivity index (χ0n) is 17.6. The summed E-state index contributed by atoms with van der Waals surface area (Å²) in [7, 11) is -2.32. The largest absolute Gasteiger partial charge is 0.395 e. The normalized spacial score (nSPS) is 18.5. The first-order valence-electron chi connectivity index (χ1n) is 9.58. The number of halogens is 1. The van der Waals surface area contributed by atoms with Gasteiger partial charge in [0.1, 0.15) is 5.82 Å². The zero-order valence-corrected chi connectivity index (χ0v) is 18.4. The number of rotatable bonds is 7. The summed E-state index contributed by atoms with van der Waals surface area (Å²) in [5, 5.41) is 19.0. The number of carbonyl (C=O) groups is 1. The minimum atomic E-state index is -3.70. The van der Waals surface area contributed by atoms with Gasteiger partial charge in [0.05, 0.1) is 42.5 Å². The smallest absolute Gasteiger partial charge is 0.254 e. The van der Waals surface area contributed by atoms with E-state index in [1.807, 2.05) is 0 Å². The maximum absolute atomic E-state index is 14.3. The van der Waals surface area contributed by atoms with E-state index in [9.17, 15) is 22.7 Å². The quantitative estimate of drug-likeness (QED) is 0.608. The first-order chi connectivity index (χ1) is 14.5. The lowest BCUT2D eigenvalue weighted by Gasteiger charge is -2.34. The van der Waals surface area contributed by atoms with Gasteiger partial charge in [-0.3, -0.25) is 4.79 Å². The number of aliphatic hydroxyl groups excluding tert-OH is 2. The molecule has 0 saturated carbocycles.